The van der Waals surface area contributed by atoms with Crippen molar-refractivity contribution in [2.75, 3.05) is 7.11 Å². The van der Waals surface area contributed by atoms with Gasteiger partial charge in [0.1, 0.15) is 12.3 Å². The Balaban J connectivity index is 1.55. The van der Waals surface area contributed by atoms with Crippen LogP contribution in [0.3, 0.4) is 0 Å². The molecule has 0 aliphatic rings. The zero-order valence-corrected chi connectivity index (χ0v) is 13.5. The molecule has 1 N–H and O–H groups in total. The fourth-order valence-corrected chi connectivity index (χ4v) is 2.68. The predicted octanol–water partition coefficient (Wildman–Crippen LogP) is 2.71. The van der Waals surface area contributed by atoms with Crippen LogP contribution in [0.4, 0.5) is 0 Å². The SMILES string of the molecule is COc1ccc(-c2nnn(CC(=O)c3c[nH]c4ccccc34)n2)cc1. The minimum Gasteiger partial charge on any atom is -0.497 e. The Morgan fingerprint density at radius 3 is 2.76 bits per heavy atom. The largest absolute Gasteiger partial charge is 0.497 e. The first-order valence-electron chi connectivity index (χ1n) is 7.76. The van der Waals surface area contributed by atoms with Crippen LogP contribution in [-0.2, 0) is 6.54 Å². The van der Waals surface area contributed by atoms with E-state index in [9.17, 15) is 4.79 Å². The molecule has 0 atom stereocenters. The van der Waals surface area contributed by atoms with Gasteiger partial charge in [-0.2, -0.15) is 4.80 Å². The molecule has 2 aromatic heterocycles. The highest BCUT2D eigenvalue weighted by atomic mass is 16.5. The van der Waals surface area contributed by atoms with Gasteiger partial charge in [-0.05, 0) is 35.5 Å². The van der Waals surface area contributed by atoms with Crippen LogP contribution in [0.5, 0.6) is 5.75 Å². The number of aromatic amines is 1. The number of hydrogen-bond acceptors (Lipinski definition) is 5. The van der Waals surface area contributed by atoms with Crippen LogP contribution in [0.2, 0.25) is 0 Å². The fraction of sp³-hybridized carbons (Fsp3) is 0.111. The second kappa shape index (κ2) is 6.20. The summed E-state index contributed by atoms with van der Waals surface area (Å²) in [7, 11) is 1.61. The number of rotatable bonds is 5. The van der Waals surface area contributed by atoms with Crippen molar-refractivity contribution in [2.24, 2.45) is 0 Å². The summed E-state index contributed by atoms with van der Waals surface area (Å²) in [6, 6.07) is 15.0. The second-order valence-electron chi connectivity index (χ2n) is 5.54. The highest BCUT2D eigenvalue weighted by Gasteiger charge is 2.14. The Morgan fingerprint density at radius 2 is 1.96 bits per heavy atom. The lowest BCUT2D eigenvalue weighted by Gasteiger charge is -1.99. The number of ether oxygens (including phenoxy) is 1. The number of ketones is 1. The molecule has 0 amide bonds. The third kappa shape index (κ3) is 2.87. The van der Waals surface area contributed by atoms with Gasteiger partial charge in [-0.1, -0.05) is 18.2 Å². The zero-order chi connectivity index (χ0) is 17.2. The van der Waals surface area contributed by atoms with E-state index in [1.54, 1.807) is 13.3 Å². The first-order valence-corrected chi connectivity index (χ1v) is 7.76. The minimum absolute atomic E-state index is 0.0327. The van der Waals surface area contributed by atoms with E-state index in [1.165, 1.54) is 4.80 Å². The number of aromatic nitrogens is 5. The number of methoxy groups -OCH3 is 1. The number of H-pyrrole nitrogens is 1. The van der Waals surface area contributed by atoms with Gasteiger partial charge in [0.2, 0.25) is 5.82 Å². The molecule has 124 valence electrons. The van der Waals surface area contributed by atoms with Gasteiger partial charge in [-0.15, -0.1) is 10.2 Å². The quantitative estimate of drug-likeness (QED) is 0.568. The topological polar surface area (TPSA) is 85.7 Å². The maximum absolute atomic E-state index is 12.6. The van der Waals surface area contributed by atoms with Gasteiger partial charge in [-0.25, -0.2) is 0 Å². The molecule has 4 rings (SSSR count). The van der Waals surface area contributed by atoms with Crippen molar-refractivity contribution in [3.8, 4) is 17.1 Å². The van der Waals surface area contributed by atoms with E-state index < -0.39 is 0 Å². The van der Waals surface area contributed by atoms with Gasteiger partial charge >= 0.3 is 0 Å². The Morgan fingerprint density at radius 1 is 1.16 bits per heavy atom. The van der Waals surface area contributed by atoms with Crippen LogP contribution < -0.4 is 4.74 Å². The molecule has 7 heteroatoms. The molecule has 0 aliphatic carbocycles. The predicted molar refractivity (Wildman–Crippen MR) is 92.4 cm³/mol. The third-order valence-electron chi connectivity index (χ3n) is 3.98. The Labute approximate surface area is 143 Å². The Bertz CT molecular complexity index is 1030. The van der Waals surface area contributed by atoms with E-state index >= 15 is 0 Å². The van der Waals surface area contributed by atoms with E-state index in [4.69, 9.17) is 4.74 Å². The van der Waals surface area contributed by atoms with Crippen molar-refractivity contribution >= 4 is 16.7 Å². The third-order valence-corrected chi connectivity index (χ3v) is 3.98. The van der Waals surface area contributed by atoms with Crippen LogP contribution in [0.1, 0.15) is 10.4 Å². The number of hydrogen-bond donors (Lipinski definition) is 1. The molecule has 0 aliphatic heterocycles. The highest BCUT2D eigenvalue weighted by molar-refractivity contribution is 6.07. The summed E-state index contributed by atoms with van der Waals surface area (Å²) in [5, 5.41) is 13.2. The maximum atomic E-state index is 12.6. The molecule has 0 spiro atoms. The van der Waals surface area contributed by atoms with Crippen molar-refractivity contribution in [1.82, 2.24) is 25.2 Å². The van der Waals surface area contributed by atoms with Crippen molar-refractivity contribution in [1.29, 1.82) is 0 Å². The lowest BCUT2D eigenvalue weighted by Crippen LogP contribution is -2.13. The van der Waals surface area contributed by atoms with E-state index in [1.807, 2.05) is 48.5 Å². The first kappa shape index (κ1) is 15.1. The molecule has 2 heterocycles. The average Bonchev–Trinajstić information content (AvgIpc) is 3.28. The van der Waals surface area contributed by atoms with E-state index in [0.717, 1.165) is 22.2 Å². The number of carbonyl (C=O) groups is 1. The number of carbonyl (C=O) groups excluding carboxylic acids is 1. The second-order valence-corrected chi connectivity index (χ2v) is 5.54. The minimum atomic E-state index is -0.0730. The molecule has 2 aromatic carbocycles. The molecule has 0 saturated heterocycles. The molecular weight excluding hydrogens is 318 g/mol. The standard InChI is InChI=1S/C18H15N5O2/c1-25-13-8-6-12(7-9-13)18-20-22-23(21-18)11-17(24)15-10-19-16-5-3-2-4-14(15)16/h2-10,19H,11H2,1H3. The fourth-order valence-electron chi connectivity index (χ4n) is 2.68. The smallest absolute Gasteiger partial charge is 0.204 e. The number of nitrogens with zero attached hydrogens (tertiary/aromatic N) is 4. The van der Waals surface area contributed by atoms with Gasteiger partial charge in [0.05, 0.1) is 7.11 Å². The summed E-state index contributed by atoms with van der Waals surface area (Å²) in [5.41, 5.74) is 2.36. The van der Waals surface area contributed by atoms with Crippen molar-refractivity contribution in [2.45, 2.75) is 6.54 Å². The molecule has 4 aromatic rings. The number of tetrazole rings is 1. The number of Topliss-reactive ketones (excluding diaryl/α,β-unsaturated/α-hetero) is 1. The van der Waals surface area contributed by atoms with Crippen molar-refractivity contribution < 1.29 is 9.53 Å². The summed E-state index contributed by atoms with van der Waals surface area (Å²) in [6.45, 7) is 0.0327. The Kier molecular flexibility index (Phi) is 3.74. The lowest BCUT2D eigenvalue weighted by atomic mass is 10.1. The number of fused-ring (bicyclic) bond motifs is 1. The molecule has 7 nitrogen and oxygen atoms in total. The molecule has 0 fully saturated rings. The van der Waals surface area contributed by atoms with Gasteiger partial charge < -0.3 is 9.72 Å². The van der Waals surface area contributed by atoms with Crippen LogP contribution in [0.15, 0.2) is 54.7 Å². The molecule has 0 unspecified atom stereocenters. The summed E-state index contributed by atoms with van der Waals surface area (Å²) >= 11 is 0. The van der Waals surface area contributed by atoms with E-state index in [-0.39, 0.29) is 12.3 Å². The van der Waals surface area contributed by atoms with E-state index in [0.29, 0.717) is 11.4 Å². The van der Waals surface area contributed by atoms with E-state index in [2.05, 4.69) is 20.4 Å². The van der Waals surface area contributed by atoms with Crippen LogP contribution in [0.25, 0.3) is 22.3 Å². The van der Waals surface area contributed by atoms with Gasteiger partial charge in [0.15, 0.2) is 5.78 Å². The molecule has 25 heavy (non-hydrogen) atoms. The first-order chi connectivity index (χ1) is 12.2. The van der Waals surface area contributed by atoms with Crippen molar-refractivity contribution in [3.63, 3.8) is 0 Å². The molecule has 0 saturated carbocycles. The van der Waals surface area contributed by atoms with Crippen LogP contribution in [-0.4, -0.2) is 38.1 Å². The molecular formula is C18H15N5O2. The van der Waals surface area contributed by atoms with Gasteiger partial charge in [-0.3, -0.25) is 4.79 Å². The maximum Gasteiger partial charge on any atom is 0.204 e. The summed E-state index contributed by atoms with van der Waals surface area (Å²) in [6.07, 6.45) is 1.72. The lowest BCUT2D eigenvalue weighted by molar-refractivity contribution is 0.0963. The normalized spacial score (nSPS) is 10.9. The number of nitrogens with one attached hydrogen (secondary N) is 1. The number of para-hydroxylation sites is 1. The molecule has 0 bridgehead atoms. The monoisotopic (exact) mass is 333 g/mol. The van der Waals surface area contributed by atoms with Gasteiger partial charge in [0, 0.05) is 28.2 Å². The van der Waals surface area contributed by atoms with Crippen LogP contribution >= 0.6 is 0 Å². The number of benzene rings is 2. The van der Waals surface area contributed by atoms with Crippen LogP contribution in [0, 0.1) is 0 Å². The summed E-state index contributed by atoms with van der Waals surface area (Å²) in [5.74, 6) is 1.15. The summed E-state index contributed by atoms with van der Waals surface area (Å²) in [4.78, 5) is 17.0. The molecule has 0 radical (unpaired) electrons. The van der Waals surface area contributed by atoms with Crippen molar-refractivity contribution in [3.05, 3.63) is 60.3 Å². The highest BCUT2D eigenvalue weighted by Crippen LogP contribution is 2.20. The summed E-state index contributed by atoms with van der Waals surface area (Å²) < 4.78 is 5.13. The zero-order valence-electron chi connectivity index (χ0n) is 13.5. The van der Waals surface area contributed by atoms with Gasteiger partial charge in [0.25, 0.3) is 0 Å². The Hall–Kier alpha value is -3.48. The average molecular weight is 333 g/mol.